The fourth-order valence-electron chi connectivity index (χ4n) is 4.18. The summed E-state index contributed by atoms with van der Waals surface area (Å²) in [6, 6.07) is 22.6. The van der Waals surface area contributed by atoms with Gasteiger partial charge >= 0.3 is 7.60 Å². The molecule has 6 nitrogen and oxygen atoms in total. The Balaban J connectivity index is 1.65. The van der Waals surface area contributed by atoms with Crippen LogP contribution >= 0.6 is 35.1 Å². The smallest absolute Gasteiger partial charge is 0.361 e. The number of aliphatic imine (C=N–C) groups is 1. The van der Waals surface area contributed by atoms with Crippen LogP contribution in [0.1, 0.15) is 30.7 Å². The summed E-state index contributed by atoms with van der Waals surface area (Å²) < 4.78 is 38.6. The van der Waals surface area contributed by atoms with Gasteiger partial charge < -0.3 is 18.2 Å². The van der Waals surface area contributed by atoms with Crippen LogP contribution in [0.2, 0.25) is 5.02 Å². The maximum absolute atomic E-state index is 13.9. The zero-order valence-electron chi connectivity index (χ0n) is 21.8. The van der Waals surface area contributed by atoms with Crippen LogP contribution in [-0.4, -0.2) is 19.1 Å². The Morgan fingerprint density at radius 2 is 1.73 bits per heavy atom. The van der Waals surface area contributed by atoms with Crippen LogP contribution in [0.15, 0.2) is 105 Å². The summed E-state index contributed by atoms with van der Waals surface area (Å²) in [5.41, 5.74) is 2.95. The van der Waals surface area contributed by atoms with E-state index in [1.54, 1.807) is 56.3 Å². The average Bonchev–Trinajstić information content (AvgIpc) is 3.31. The molecule has 0 spiro atoms. The van der Waals surface area contributed by atoms with E-state index in [4.69, 9.17) is 34.8 Å². The summed E-state index contributed by atoms with van der Waals surface area (Å²) in [5, 5.41) is 1.76. The largest absolute Gasteiger partial charge is 0.450 e. The van der Waals surface area contributed by atoms with Crippen molar-refractivity contribution in [1.82, 2.24) is 0 Å². The first-order valence-corrected chi connectivity index (χ1v) is 15.4. The normalized spacial score (nSPS) is 14.9. The third kappa shape index (κ3) is 6.25. The number of furan rings is 1. The number of benzene rings is 3. The molecule has 0 saturated heterocycles. The monoisotopic (exact) mass is 637 g/mol. The van der Waals surface area contributed by atoms with Gasteiger partial charge in [-0.05, 0) is 73.5 Å². The van der Waals surface area contributed by atoms with E-state index >= 15 is 0 Å². The topological polar surface area (TPSA) is 70.3 Å². The third-order valence-corrected chi connectivity index (χ3v) is 8.87. The number of halogens is 2. The summed E-state index contributed by atoms with van der Waals surface area (Å²) in [6.07, 6.45) is 7.11. The second-order valence-corrected chi connectivity index (χ2v) is 12.0. The van der Waals surface area contributed by atoms with Gasteiger partial charge in [-0.15, -0.1) is 0 Å². The van der Waals surface area contributed by atoms with Crippen molar-refractivity contribution in [2.75, 3.05) is 13.2 Å². The summed E-state index contributed by atoms with van der Waals surface area (Å²) in [5.74, 6) is 1.24. The first-order valence-electron chi connectivity index (χ1n) is 12.7. The molecule has 1 aromatic heterocycles. The molecule has 0 saturated carbocycles. The first kappa shape index (κ1) is 28.3. The average molecular weight is 639 g/mol. The van der Waals surface area contributed by atoms with Crippen LogP contribution in [0, 0.1) is 0 Å². The van der Waals surface area contributed by atoms with E-state index in [-0.39, 0.29) is 13.2 Å². The lowest BCUT2D eigenvalue weighted by Crippen LogP contribution is -2.05. The lowest BCUT2D eigenvalue weighted by atomic mass is 10.1. The van der Waals surface area contributed by atoms with Crippen LogP contribution in [0.5, 0.6) is 0 Å². The van der Waals surface area contributed by atoms with E-state index in [1.807, 2.05) is 54.6 Å². The lowest BCUT2D eigenvalue weighted by Gasteiger charge is -2.20. The van der Waals surface area contributed by atoms with Gasteiger partial charge in [0.25, 0.3) is 0 Å². The third-order valence-electron chi connectivity index (χ3n) is 5.93. The number of ether oxygens (including phenoxy) is 1. The zero-order chi connectivity index (χ0) is 28.1. The molecular weight excluding hydrogens is 613 g/mol. The molecule has 5 rings (SSSR count). The van der Waals surface area contributed by atoms with Crippen molar-refractivity contribution >= 4 is 74.8 Å². The zero-order valence-corrected chi connectivity index (χ0v) is 25.1. The van der Waals surface area contributed by atoms with E-state index < -0.39 is 7.60 Å². The summed E-state index contributed by atoms with van der Waals surface area (Å²) in [7, 11) is -3.68. The van der Waals surface area contributed by atoms with Gasteiger partial charge in [-0.3, -0.25) is 4.57 Å². The molecule has 9 heteroatoms. The molecule has 2 heterocycles. The lowest BCUT2D eigenvalue weighted by molar-refractivity contribution is 0.230. The molecule has 40 heavy (non-hydrogen) atoms. The molecule has 4 aromatic rings. The van der Waals surface area contributed by atoms with E-state index in [0.29, 0.717) is 44.6 Å². The van der Waals surface area contributed by atoms with Gasteiger partial charge in [0.2, 0.25) is 5.90 Å². The molecule has 3 aromatic carbocycles. The number of hydrogen-bond donors (Lipinski definition) is 0. The van der Waals surface area contributed by atoms with Gasteiger partial charge in [0.15, 0.2) is 11.5 Å². The highest BCUT2D eigenvalue weighted by atomic mass is 79.9. The minimum Gasteiger partial charge on any atom is -0.450 e. The van der Waals surface area contributed by atoms with Gasteiger partial charge in [0, 0.05) is 21.0 Å². The molecule has 0 bridgehead atoms. The first-order chi connectivity index (χ1) is 19.4. The van der Waals surface area contributed by atoms with Crippen molar-refractivity contribution in [2.24, 2.45) is 4.99 Å². The SMILES string of the molecule is CCOP(=O)(OCC)C(=CC=C1OC(/C=C/c2ccccc2)=Nc2c1oc1ccc(Br)cc21)c1ccc(Cl)cc1. The second kappa shape index (κ2) is 12.5. The van der Waals surface area contributed by atoms with E-state index in [2.05, 4.69) is 15.9 Å². The summed E-state index contributed by atoms with van der Waals surface area (Å²) in [6.45, 7) is 3.96. The molecule has 0 N–H and O–H groups in total. The van der Waals surface area contributed by atoms with Crippen LogP contribution in [0.3, 0.4) is 0 Å². The highest BCUT2D eigenvalue weighted by Crippen LogP contribution is 2.60. The number of nitrogens with zero attached hydrogens (tertiary/aromatic N) is 1. The predicted octanol–water partition coefficient (Wildman–Crippen LogP) is 10.3. The molecule has 204 valence electrons. The second-order valence-electron chi connectivity index (χ2n) is 8.64. The van der Waals surface area contributed by atoms with Crippen molar-refractivity contribution in [2.45, 2.75) is 13.8 Å². The standard InChI is InChI=1S/C31H26BrClNO5P/c1-3-36-40(35,37-4-2)28(22-11-14-24(33)15-12-22)18-17-27-31-30(25-20-23(32)13-16-26(25)39-31)34-29(38-27)19-10-21-8-6-5-7-9-21/h5-20H,3-4H2,1-2H3/b19-10+,27-17?,28-18?. The number of hydrogen-bond acceptors (Lipinski definition) is 6. The van der Waals surface area contributed by atoms with Crippen LogP contribution in [0.4, 0.5) is 5.69 Å². The quantitative estimate of drug-likeness (QED) is 0.171. The number of rotatable bonds is 9. The Morgan fingerprint density at radius 1 is 1.00 bits per heavy atom. The highest BCUT2D eigenvalue weighted by molar-refractivity contribution is 9.10. The molecule has 0 fully saturated rings. The van der Waals surface area contributed by atoms with Gasteiger partial charge in [-0.1, -0.05) is 70.0 Å². The Labute approximate surface area is 246 Å². The molecule has 0 atom stereocenters. The van der Waals surface area contributed by atoms with Gasteiger partial charge in [0.1, 0.15) is 11.3 Å². The van der Waals surface area contributed by atoms with Crippen molar-refractivity contribution < 1.29 is 22.8 Å². The van der Waals surface area contributed by atoms with Gasteiger partial charge in [-0.25, -0.2) is 4.99 Å². The Morgan fingerprint density at radius 3 is 2.42 bits per heavy atom. The maximum Gasteiger partial charge on any atom is 0.361 e. The predicted molar refractivity (Wildman–Crippen MR) is 166 cm³/mol. The minimum atomic E-state index is -3.68. The molecule has 1 aliphatic rings. The molecule has 0 unspecified atom stereocenters. The molecule has 0 amide bonds. The van der Waals surface area contributed by atoms with Crippen molar-refractivity contribution in [3.05, 3.63) is 117 Å². The van der Waals surface area contributed by atoms with Crippen molar-refractivity contribution in [3.63, 3.8) is 0 Å². The molecular formula is C31H26BrClNO5P. The fourth-order valence-corrected chi connectivity index (χ4v) is 6.42. The van der Waals surface area contributed by atoms with Gasteiger partial charge in [0.05, 0.1) is 18.5 Å². The summed E-state index contributed by atoms with van der Waals surface area (Å²) in [4.78, 5) is 4.76. The summed E-state index contributed by atoms with van der Waals surface area (Å²) >= 11 is 9.67. The van der Waals surface area contributed by atoms with E-state index in [1.165, 1.54) is 0 Å². The minimum absolute atomic E-state index is 0.207. The Bertz CT molecular complexity index is 1680. The molecule has 0 radical (unpaired) electrons. The van der Waals surface area contributed by atoms with E-state index in [9.17, 15) is 4.57 Å². The van der Waals surface area contributed by atoms with Crippen LogP contribution in [-0.2, 0) is 18.3 Å². The molecule has 1 aliphatic heterocycles. The van der Waals surface area contributed by atoms with Crippen LogP contribution < -0.4 is 0 Å². The van der Waals surface area contributed by atoms with Crippen molar-refractivity contribution in [1.29, 1.82) is 0 Å². The number of allylic oxidation sites excluding steroid dienone is 2. The Hall–Kier alpha value is -3.19. The van der Waals surface area contributed by atoms with Crippen LogP contribution in [0.25, 0.3) is 28.1 Å². The molecule has 0 aliphatic carbocycles. The number of fused-ring (bicyclic) bond motifs is 3. The highest BCUT2D eigenvalue weighted by Gasteiger charge is 2.31. The van der Waals surface area contributed by atoms with E-state index in [0.717, 1.165) is 15.4 Å². The van der Waals surface area contributed by atoms with Crippen molar-refractivity contribution in [3.8, 4) is 0 Å². The Kier molecular flexibility index (Phi) is 8.89. The maximum atomic E-state index is 13.9. The van der Waals surface area contributed by atoms with Gasteiger partial charge in [-0.2, -0.15) is 0 Å². The fraction of sp³-hybridized carbons (Fsp3) is 0.129.